The van der Waals surface area contributed by atoms with Crippen LogP contribution in [0.4, 0.5) is 4.39 Å². The first-order valence-electron chi connectivity index (χ1n) is 9.29. The Hall–Kier alpha value is -3.73. The summed E-state index contributed by atoms with van der Waals surface area (Å²) in [6.45, 7) is 0.307. The predicted octanol–water partition coefficient (Wildman–Crippen LogP) is 4.68. The highest BCUT2D eigenvalue weighted by Crippen LogP contribution is 2.39. The number of para-hydroxylation sites is 1. The first kappa shape index (κ1) is 17.4. The predicted molar refractivity (Wildman–Crippen MR) is 107 cm³/mol. The fraction of sp³-hybridized carbons (Fsp3) is 0.0833. The molecule has 0 saturated carbocycles. The van der Waals surface area contributed by atoms with Gasteiger partial charge in [-0.15, -0.1) is 0 Å². The summed E-state index contributed by atoms with van der Waals surface area (Å²) in [5.74, 6) is -0.668. The summed E-state index contributed by atoms with van der Waals surface area (Å²) in [5, 5.41) is 0.424. The molecule has 0 radical (unpaired) electrons. The van der Waals surface area contributed by atoms with Gasteiger partial charge in [0, 0.05) is 6.54 Å². The van der Waals surface area contributed by atoms with Crippen LogP contribution in [0.5, 0.6) is 0 Å². The number of carbonyl (C=O) groups excluding carboxylic acids is 1. The maximum absolute atomic E-state index is 13.5. The normalized spacial score (nSPS) is 15.7. The summed E-state index contributed by atoms with van der Waals surface area (Å²) in [6, 6.07) is 21.7. The summed E-state index contributed by atoms with van der Waals surface area (Å²) < 4.78 is 19.4. The third-order valence-electron chi connectivity index (χ3n) is 5.25. The molecule has 0 fully saturated rings. The third kappa shape index (κ3) is 2.83. The Bertz CT molecular complexity index is 1280. The summed E-state index contributed by atoms with van der Waals surface area (Å²) in [5.41, 5.74) is 2.04. The van der Waals surface area contributed by atoms with Gasteiger partial charge in [-0.2, -0.15) is 0 Å². The van der Waals surface area contributed by atoms with Crippen molar-refractivity contribution < 1.29 is 13.6 Å². The van der Waals surface area contributed by atoms with Gasteiger partial charge in [-0.1, -0.05) is 54.6 Å². The van der Waals surface area contributed by atoms with Crippen molar-refractivity contribution in [1.82, 2.24) is 4.90 Å². The Morgan fingerprint density at radius 2 is 1.55 bits per heavy atom. The van der Waals surface area contributed by atoms with E-state index in [0.29, 0.717) is 28.6 Å². The number of amides is 1. The van der Waals surface area contributed by atoms with Crippen molar-refractivity contribution in [2.45, 2.75) is 12.6 Å². The van der Waals surface area contributed by atoms with Gasteiger partial charge in [-0.3, -0.25) is 9.59 Å². The zero-order valence-corrected chi connectivity index (χ0v) is 15.3. The fourth-order valence-electron chi connectivity index (χ4n) is 3.90. The lowest BCUT2D eigenvalue weighted by Crippen LogP contribution is -2.29. The van der Waals surface area contributed by atoms with E-state index < -0.39 is 6.04 Å². The number of rotatable bonds is 3. The van der Waals surface area contributed by atoms with Gasteiger partial charge in [0.25, 0.3) is 5.91 Å². The van der Waals surface area contributed by atoms with E-state index in [1.807, 2.05) is 30.3 Å². The molecule has 0 spiro atoms. The molecule has 0 saturated heterocycles. The van der Waals surface area contributed by atoms with Crippen LogP contribution in [0.25, 0.3) is 11.0 Å². The minimum atomic E-state index is -0.640. The lowest BCUT2D eigenvalue weighted by atomic mass is 9.98. The van der Waals surface area contributed by atoms with Gasteiger partial charge in [-0.05, 0) is 35.4 Å². The molecule has 1 atom stereocenters. The standard InChI is InChI=1S/C24H16FNO3/c25-17-12-10-16(11-13-17)21-20-22(27)18-8-4-5-9-19(18)29-23(20)24(28)26(21)14-15-6-2-1-3-7-15/h1-13,21H,14H2. The highest BCUT2D eigenvalue weighted by Gasteiger charge is 2.42. The number of hydrogen-bond donors (Lipinski definition) is 0. The molecule has 1 amide bonds. The Kier molecular flexibility index (Phi) is 4.02. The number of fused-ring (bicyclic) bond motifs is 2. The molecule has 1 aliphatic rings. The van der Waals surface area contributed by atoms with Crippen molar-refractivity contribution in [3.05, 3.63) is 117 Å². The van der Waals surface area contributed by atoms with Gasteiger partial charge in [0.15, 0.2) is 5.43 Å². The molecule has 0 bridgehead atoms. The highest BCUT2D eigenvalue weighted by molar-refractivity contribution is 5.99. The largest absolute Gasteiger partial charge is 0.450 e. The zero-order valence-electron chi connectivity index (χ0n) is 15.3. The molecular formula is C24H16FNO3. The highest BCUT2D eigenvalue weighted by atomic mass is 19.1. The van der Waals surface area contributed by atoms with Crippen LogP contribution in [0.1, 0.15) is 33.3 Å². The molecule has 0 N–H and O–H groups in total. The molecule has 3 aromatic carbocycles. The van der Waals surface area contributed by atoms with Crippen molar-refractivity contribution in [2.24, 2.45) is 0 Å². The second kappa shape index (κ2) is 6.71. The average Bonchev–Trinajstić information content (AvgIpc) is 3.02. The second-order valence-electron chi connectivity index (χ2n) is 7.04. The van der Waals surface area contributed by atoms with Gasteiger partial charge in [-0.25, -0.2) is 4.39 Å². The number of hydrogen-bond acceptors (Lipinski definition) is 3. The molecule has 5 heteroatoms. The van der Waals surface area contributed by atoms with Gasteiger partial charge < -0.3 is 9.32 Å². The lowest BCUT2D eigenvalue weighted by molar-refractivity contribution is 0.0714. The van der Waals surface area contributed by atoms with Crippen LogP contribution in [-0.4, -0.2) is 10.8 Å². The molecule has 29 heavy (non-hydrogen) atoms. The molecule has 5 rings (SSSR count). The third-order valence-corrected chi connectivity index (χ3v) is 5.25. The molecule has 1 aromatic heterocycles. The molecule has 4 nitrogen and oxygen atoms in total. The van der Waals surface area contributed by atoms with Crippen molar-refractivity contribution in [2.75, 3.05) is 0 Å². The second-order valence-corrected chi connectivity index (χ2v) is 7.04. The van der Waals surface area contributed by atoms with E-state index in [0.717, 1.165) is 5.56 Å². The average molecular weight is 385 g/mol. The van der Waals surface area contributed by atoms with Crippen molar-refractivity contribution >= 4 is 16.9 Å². The SMILES string of the molecule is O=C1c2oc3ccccc3c(=O)c2C(c2ccc(F)cc2)N1Cc1ccccc1. The van der Waals surface area contributed by atoms with Gasteiger partial charge in [0.05, 0.1) is 17.0 Å². The molecule has 2 heterocycles. The zero-order chi connectivity index (χ0) is 20.0. The maximum Gasteiger partial charge on any atom is 0.291 e. The number of benzene rings is 3. The quantitative estimate of drug-likeness (QED) is 0.515. The molecule has 1 unspecified atom stereocenters. The van der Waals surface area contributed by atoms with Crippen LogP contribution < -0.4 is 5.43 Å². The topological polar surface area (TPSA) is 50.5 Å². The first-order chi connectivity index (χ1) is 14.1. The maximum atomic E-state index is 13.5. The van der Waals surface area contributed by atoms with Crippen molar-refractivity contribution in [3.63, 3.8) is 0 Å². The summed E-state index contributed by atoms with van der Waals surface area (Å²) in [6.07, 6.45) is 0. The minimum Gasteiger partial charge on any atom is -0.450 e. The van der Waals surface area contributed by atoms with E-state index in [-0.39, 0.29) is 22.9 Å². The molecular weight excluding hydrogens is 369 g/mol. The van der Waals surface area contributed by atoms with Gasteiger partial charge in [0.1, 0.15) is 11.4 Å². The van der Waals surface area contributed by atoms with Crippen LogP contribution >= 0.6 is 0 Å². The van der Waals surface area contributed by atoms with Crippen LogP contribution in [0.2, 0.25) is 0 Å². The van der Waals surface area contributed by atoms with Gasteiger partial charge in [0.2, 0.25) is 5.76 Å². The van der Waals surface area contributed by atoms with E-state index >= 15 is 0 Å². The first-order valence-corrected chi connectivity index (χ1v) is 9.29. The molecule has 1 aliphatic heterocycles. The van der Waals surface area contributed by atoms with E-state index in [2.05, 4.69) is 0 Å². The monoisotopic (exact) mass is 385 g/mol. The van der Waals surface area contributed by atoms with E-state index in [4.69, 9.17) is 4.42 Å². The summed E-state index contributed by atoms with van der Waals surface area (Å²) >= 11 is 0. The number of carbonyl (C=O) groups is 1. The Morgan fingerprint density at radius 3 is 2.31 bits per heavy atom. The van der Waals surface area contributed by atoms with Crippen LogP contribution in [0.15, 0.2) is 88.1 Å². The van der Waals surface area contributed by atoms with Crippen LogP contribution in [-0.2, 0) is 6.54 Å². The fourth-order valence-corrected chi connectivity index (χ4v) is 3.90. The van der Waals surface area contributed by atoms with Crippen LogP contribution in [0.3, 0.4) is 0 Å². The van der Waals surface area contributed by atoms with E-state index in [9.17, 15) is 14.0 Å². The molecule has 0 aliphatic carbocycles. The molecule has 142 valence electrons. The van der Waals surface area contributed by atoms with Gasteiger partial charge >= 0.3 is 0 Å². The Labute approximate surface area is 165 Å². The Morgan fingerprint density at radius 1 is 0.862 bits per heavy atom. The summed E-state index contributed by atoms with van der Waals surface area (Å²) in [7, 11) is 0. The Balaban J connectivity index is 1.73. The smallest absolute Gasteiger partial charge is 0.291 e. The summed E-state index contributed by atoms with van der Waals surface area (Å²) in [4.78, 5) is 28.2. The number of nitrogens with zero attached hydrogens (tertiary/aromatic N) is 1. The van der Waals surface area contributed by atoms with Crippen LogP contribution in [0, 0.1) is 5.82 Å². The minimum absolute atomic E-state index is 0.0546. The van der Waals surface area contributed by atoms with E-state index in [1.54, 1.807) is 41.3 Å². The van der Waals surface area contributed by atoms with Crippen molar-refractivity contribution in [3.8, 4) is 0 Å². The lowest BCUT2D eigenvalue weighted by Gasteiger charge is -2.25. The van der Waals surface area contributed by atoms with Crippen molar-refractivity contribution in [1.29, 1.82) is 0 Å². The molecule has 4 aromatic rings. The number of halogens is 1. The van der Waals surface area contributed by atoms with E-state index in [1.165, 1.54) is 12.1 Å².